The van der Waals surface area contributed by atoms with Gasteiger partial charge >= 0.3 is 0 Å². The number of nitrogens with two attached hydrogens (primary N) is 1. The first-order valence-corrected chi connectivity index (χ1v) is 5.92. The van der Waals surface area contributed by atoms with Crippen LogP contribution in [-0.4, -0.2) is 34.9 Å². The second kappa shape index (κ2) is 5.77. The number of aromatic nitrogens is 1. The van der Waals surface area contributed by atoms with Crippen molar-refractivity contribution in [3.8, 4) is 0 Å². The van der Waals surface area contributed by atoms with E-state index in [0.717, 1.165) is 11.4 Å². The molecule has 2 N–H and O–H groups in total. The molecular weight excluding hydrogens is 214 g/mol. The maximum atomic E-state index is 12.3. The molecule has 4 heteroatoms. The van der Waals surface area contributed by atoms with Crippen LogP contribution < -0.4 is 5.73 Å². The molecule has 0 saturated carbocycles. The molecule has 0 unspecified atom stereocenters. The Bertz CT molecular complexity index is 402. The molecule has 1 rings (SSSR count). The summed E-state index contributed by atoms with van der Waals surface area (Å²) in [6.45, 7) is 8.81. The summed E-state index contributed by atoms with van der Waals surface area (Å²) in [6.07, 6.45) is 0. The number of rotatable bonds is 4. The lowest BCUT2D eigenvalue weighted by Gasteiger charge is -2.26. The first kappa shape index (κ1) is 13.6. The number of hydrogen-bond donors (Lipinski definition) is 1. The lowest BCUT2D eigenvalue weighted by molar-refractivity contribution is 0.0710. The molecule has 0 aromatic carbocycles. The molecule has 1 aromatic heterocycles. The van der Waals surface area contributed by atoms with Crippen LogP contribution in [0.1, 0.15) is 35.6 Å². The van der Waals surface area contributed by atoms with Crippen LogP contribution in [0.4, 0.5) is 0 Å². The average molecular weight is 235 g/mol. The van der Waals surface area contributed by atoms with Crippen LogP contribution >= 0.6 is 0 Å². The minimum absolute atomic E-state index is 0.00968. The maximum absolute atomic E-state index is 12.3. The van der Waals surface area contributed by atoms with E-state index in [1.807, 2.05) is 39.8 Å². The van der Waals surface area contributed by atoms with Crippen molar-refractivity contribution < 1.29 is 4.79 Å². The molecule has 0 aliphatic carbocycles. The van der Waals surface area contributed by atoms with Crippen LogP contribution in [0.2, 0.25) is 0 Å². The molecular formula is C13H21N3O. The molecule has 0 fully saturated rings. The monoisotopic (exact) mass is 235 g/mol. The molecule has 1 aromatic rings. The average Bonchev–Trinajstić information content (AvgIpc) is 2.24. The van der Waals surface area contributed by atoms with E-state index in [1.54, 1.807) is 4.90 Å². The Morgan fingerprint density at radius 1 is 1.41 bits per heavy atom. The highest BCUT2D eigenvalue weighted by atomic mass is 16.2. The smallest absolute Gasteiger partial charge is 0.255 e. The molecule has 0 spiro atoms. The molecule has 0 aliphatic rings. The number of nitrogens with zero attached hydrogens (tertiary/aromatic N) is 2. The van der Waals surface area contributed by atoms with Gasteiger partial charge in [0.05, 0.1) is 11.3 Å². The topological polar surface area (TPSA) is 59.2 Å². The molecule has 17 heavy (non-hydrogen) atoms. The maximum Gasteiger partial charge on any atom is 0.255 e. The van der Waals surface area contributed by atoms with E-state index in [2.05, 4.69) is 4.98 Å². The van der Waals surface area contributed by atoms with Gasteiger partial charge in [0.1, 0.15) is 0 Å². The predicted octanol–water partition coefficient (Wildman–Crippen LogP) is 1.51. The highest BCUT2D eigenvalue weighted by Crippen LogP contribution is 2.12. The fourth-order valence-electron chi connectivity index (χ4n) is 1.80. The summed E-state index contributed by atoms with van der Waals surface area (Å²) in [5, 5.41) is 0. The number of amides is 1. The highest BCUT2D eigenvalue weighted by Gasteiger charge is 2.19. The fourth-order valence-corrected chi connectivity index (χ4v) is 1.80. The Balaban J connectivity index is 3.01. The van der Waals surface area contributed by atoms with Gasteiger partial charge in [-0.2, -0.15) is 0 Å². The highest BCUT2D eigenvalue weighted by molar-refractivity contribution is 5.95. The van der Waals surface area contributed by atoms with E-state index in [9.17, 15) is 4.79 Å². The van der Waals surface area contributed by atoms with Crippen molar-refractivity contribution in [3.05, 3.63) is 29.1 Å². The third-order valence-corrected chi connectivity index (χ3v) is 2.71. The molecule has 0 atom stereocenters. The number of pyridine rings is 1. The van der Waals surface area contributed by atoms with Crippen molar-refractivity contribution in [1.29, 1.82) is 0 Å². The standard InChI is InChI=1S/C13H21N3O/c1-9(2)16(8-7-14)13(17)12-6-5-10(3)15-11(12)4/h5-6,9H,7-8,14H2,1-4H3. The quantitative estimate of drug-likeness (QED) is 0.860. The zero-order valence-corrected chi connectivity index (χ0v) is 11.0. The van der Waals surface area contributed by atoms with Gasteiger partial charge in [-0.05, 0) is 39.8 Å². The minimum atomic E-state index is 0.00968. The summed E-state index contributed by atoms with van der Waals surface area (Å²) in [6, 6.07) is 3.85. The van der Waals surface area contributed by atoms with E-state index in [-0.39, 0.29) is 11.9 Å². The largest absolute Gasteiger partial charge is 0.335 e. The van der Waals surface area contributed by atoms with Crippen LogP contribution in [0, 0.1) is 13.8 Å². The number of hydrogen-bond acceptors (Lipinski definition) is 3. The molecule has 0 saturated heterocycles. The van der Waals surface area contributed by atoms with Gasteiger partial charge in [-0.3, -0.25) is 9.78 Å². The predicted molar refractivity (Wildman–Crippen MR) is 68.9 cm³/mol. The number of carbonyl (C=O) groups is 1. The summed E-state index contributed by atoms with van der Waals surface area (Å²) in [7, 11) is 0. The summed E-state index contributed by atoms with van der Waals surface area (Å²) < 4.78 is 0. The molecule has 0 radical (unpaired) electrons. The van der Waals surface area contributed by atoms with Gasteiger partial charge in [-0.15, -0.1) is 0 Å². The van der Waals surface area contributed by atoms with E-state index >= 15 is 0 Å². The van der Waals surface area contributed by atoms with Gasteiger partial charge in [-0.1, -0.05) is 0 Å². The Kier molecular flexibility index (Phi) is 4.63. The molecule has 1 amide bonds. The molecule has 94 valence electrons. The second-order valence-corrected chi connectivity index (χ2v) is 4.47. The lowest BCUT2D eigenvalue weighted by atomic mass is 10.1. The first-order chi connectivity index (χ1) is 7.97. The van der Waals surface area contributed by atoms with Crippen molar-refractivity contribution in [2.24, 2.45) is 5.73 Å². The second-order valence-electron chi connectivity index (χ2n) is 4.47. The van der Waals surface area contributed by atoms with Crippen LogP contribution in [0.15, 0.2) is 12.1 Å². The Morgan fingerprint density at radius 2 is 2.06 bits per heavy atom. The van der Waals surface area contributed by atoms with Gasteiger partial charge in [0.15, 0.2) is 0 Å². The normalized spacial score (nSPS) is 10.7. The van der Waals surface area contributed by atoms with Gasteiger partial charge in [0, 0.05) is 24.8 Å². The molecule has 0 bridgehead atoms. The SMILES string of the molecule is Cc1ccc(C(=O)N(CCN)C(C)C)c(C)n1. The third-order valence-electron chi connectivity index (χ3n) is 2.71. The lowest BCUT2D eigenvalue weighted by Crippen LogP contribution is -2.40. The first-order valence-electron chi connectivity index (χ1n) is 5.92. The summed E-state index contributed by atoms with van der Waals surface area (Å²) in [5.74, 6) is 0.00968. The van der Waals surface area contributed by atoms with Gasteiger partial charge in [-0.25, -0.2) is 0 Å². The Hall–Kier alpha value is -1.42. The van der Waals surface area contributed by atoms with Crippen LogP contribution in [0.3, 0.4) is 0 Å². The zero-order valence-electron chi connectivity index (χ0n) is 11.0. The van der Waals surface area contributed by atoms with Crippen molar-refractivity contribution >= 4 is 5.91 Å². The van der Waals surface area contributed by atoms with E-state index in [4.69, 9.17) is 5.73 Å². The van der Waals surface area contributed by atoms with Crippen LogP contribution in [0.5, 0.6) is 0 Å². The van der Waals surface area contributed by atoms with Crippen molar-refractivity contribution in [3.63, 3.8) is 0 Å². The summed E-state index contributed by atoms with van der Waals surface area (Å²) in [4.78, 5) is 18.4. The molecule has 1 heterocycles. The van der Waals surface area contributed by atoms with E-state index < -0.39 is 0 Å². The van der Waals surface area contributed by atoms with Gasteiger partial charge in [0.25, 0.3) is 5.91 Å². The Labute approximate surface area is 103 Å². The Morgan fingerprint density at radius 3 is 2.53 bits per heavy atom. The van der Waals surface area contributed by atoms with Crippen LogP contribution in [0.25, 0.3) is 0 Å². The van der Waals surface area contributed by atoms with E-state index in [0.29, 0.717) is 18.7 Å². The van der Waals surface area contributed by atoms with Crippen molar-refractivity contribution in [1.82, 2.24) is 9.88 Å². The van der Waals surface area contributed by atoms with Gasteiger partial charge in [0.2, 0.25) is 0 Å². The van der Waals surface area contributed by atoms with Crippen molar-refractivity contribution in [2.75, 3.05) is 13.1 Å². The zero-order chi connectivity index (χ0) is 13.0. The fraction of sp³-hybridized carbons (Fsp3) is 0.538. The third kappa shape index (κ3) is 3.27. The molecule has 0 aliphatic heterocycles. The summed E-state index contributed by atoms with van der Waals surface area (Å²) >= 11 is 0. The minimum Gasteiger partial charge on any atom is -0.335 e. The van der Waals surface area contributed by atoms with Crippen molar-refractivity contribution in [2.45, 2.75) is 33.7 Å². The van der Waals surface area contributed by atoms with Crippen LogP contribution in [-0.2, 0) is 0 Å². The number of carbonyl (C=O) groups excluding carboxylic acids is 1. The molecule has 4 nitrogen and oxygen atoms in total. The van der Waals surface area contributed by atoms with Gasteiger partial charge < -0.3 is 10.6 Å². The number of aryl methyl sites for hydroxylation is 2. The summed E-state index contributed by atoms with van der Waals surface area (Å²) in [5.41, 5.74) is 7.90. The van der Waals surface area contributed by atoms with E-state index in [1.165, 1.54) is 0 Å².